The van der Waals surface area contributed by atoms with Gasteiger partial charge in [-0.1, -0.05) is 54.6 Å². The first-order valence-electron chi connectivity index (χ1n) is 7.22. The van der Waals surface area contributed by atoms with Crippen LogP contribution in [0.3, 0.4) is 0 Å². The highest BCUT2D eigenvalue weighted by atomic mass is 16.3. The van der Waals surface area contributed by atoms with Gasteiger partial charge in [-0.2, -0.15) is 0 Å². The van der Waals surface area contributed by atoms with Crippen LogP contribution in [0.5, 0.6) is 0 Å². The quantitative estimate of drug-likeness (QED) is 0.804. The summed E-state index contributed by atoms with van der Waals surface area (Å²) in [4.78, 5) is 0. The molecule has 0 heterocycles. The average molecular weight is 294 g/mol. The molecule has 3 N–H and O–H groups in total. The van der Waals surface area contributed by atoms with E-state index in [1.165, 1.54) is 12.2 Å². The molecule has 1 aliphatic rings. The molecule has 3 nitrogen and oxygen atoms in total. The summed E-state index contributed by atoms with van der Waals surface area (Å²) in [5.74, 6) is -0.115. The SMILES string of the molecule is OC1=CC(O)(Cc2ccc(-c3ccccc3)cc2)CC(O)=C1. The molecule has 0 radical (unpaired) electrons. The standard InChI is InChI=1S/C19H18O3/c20-17-10-18(21)13-19(22,12-17)11-14-6-8-16(9-7-14)15-4-2-1-3-5-15/h1-10,12,20-22H,11,13H2. The van der Waals surface area contributed by atoms with E-state index < -0.39 is 5.60 Å². The van der Waals surface area contributed by atoms with Crippen molar-refractivity contribution in [2.45, 2.75) is 18.4 Å². The van der Waals surface area contributed by atoms with Crippen LogP contribution < -0.4 is 0 Å². The lowest BCUT2D eigenvalue weighted by atomic mass is 9.86. The fourth-order valence-corrected chi connectivity index (χ4v) is 2.82. The largest absolute Gasteiger partial charge is 0.512 e. The summed E-state index contributed by atoms with van der Waals surface area (Å²) in [6.45, 7) is 0. The van der Waals surface area contributed by atoms with Gasteiger partial charge in [0, 0.05) is 18.9 Å². The average Bonchev–Trinajstić information content (AvgIpc) is 2.47. The van der Waals surface area contributed by atoms with Gasteiger partial charge in [0.25, 0.3) is 0 Å². The number of aliphatic hydroxyl groups is 3. The fraction of sp³-hybridized carbons (Fsp3) is 0.158. The Kier molecular flexibility index (Phi) is 3.73. The van der Waals surface area contributed by atoms with Crippen molar-refractivity contribution in [1.82, 2.24) is 0 Å². The van der Waals surface area contributed by atoms with E-state index in [0.717, 1.165) is 16.7 Å². The van der Waals surface area contributed by atoms with E-state index in [0.29, 0.717) is 6.42 Å². The van der Waals surface area contributed by atoms with Crippen molar-refractivity contribution in [3.05, 3.63) is 83.8 Å². The molecule has 0 saturated carbocycles. The second kappa shape index (κ2) is 5.70. The first kappa shape index (κ1) is 14.4. The van der Waals surface area contributed by atoms with Crippen molar-refractivity contribution in [2.75, 3.05) is 0 Å². The Bertz CT molecular complexity index is 714. The van der Waals surface area contributed by atoms with Crippen LogP contribution in [0.4, 0.5) is 0 Å². The highest BCUT2D eigenvalue weighted by Gasteiger charge is 2.30. The molecule has 0 aromatic heterocycles. The van der Waals surface area contributed by atoms with Crippen LogP contribution in [0.25, 0.3) is 11.1 Å². The second-order valence-corrected chi connectivity index (χ2v) is 5.72. The highest BCUT2D eigenvalue weighted by molar-refractivity contribution is 5.63. The van der Waals surface area contributed by atoms with Gasteiger partial charge in [0.05, 0.1) is 11.4 Å². The van der Waals surface area contributed by atoms with Gasteiger partial charge in [-0.15, -0.1) is 0 Å². The van der Waals surface area contributed by atoms with E-state index in [1.54, 1.807) is 0 Å². The number of aliphatic hydroxyl groups excluding tert-OH is 2. The summed E-state index contributed by atoms with van der Waals surface area (Å²) in [6.07, 6.45) is 3.09. The first-order chi connectivity index (χ1) is 10.5. The maximum atomic E-state index is 10.5. The zero-order valence-corrected chi connectivity index (χ0v) is 12.1. The van der Waals surface area contributed by atoms with E-state index in [1.807, 2.05) is 54.6 Å². The van der Waals surface area contributed by atoms with Crippen LogP contribution >= 0.6 is 0 Å². The van der Waals surface area contributed by atoms with Crippen LogP contribution in [0.2, 0.25) is 0 Å². The van der Waals surface area contributed by atoms with Gasteiger partial charge in [-0.3, -0.25) is 0 Å². The molecule has 112 valence electrons. The zero-order valence-electron chi connectivity index (χ0n) is 12.1. The molecule has 22 heavy (non-hydrogen) atoms. The Morgan fingerprint density at radius 1 is 0.864 bits per heavy atom. The van der Waals surface area contributed by atoms with Crippen molar-refractivity contribution in [3.63, 3.8) is 0 Å². The van der Waals surface area contributed by atoms with E-state index in [4.69, 9.17) is 0 Å². The molecule has 0 saturated heterocycles. The van der Waals surface area contributed by atoms with Crippen LogP contribution in [0, 0.1) is 0 Å². The van der Waals surface area contributed by atoms with Gasteiger partial charge in [0.2, 0.25) is 0 Å². The molecule has 1 atom stereocenters. The molecule has 2 aromatic carbocycles. The Morgan fingerprint density at radius 2 is 1.50 bits per heavy atom. The Balaban J connectivity index is 1.78. The van der Waals surface area contributed by atoms with Gasteiger partial charge in [0.1, 0.15) is 5.76 Å². The van der Waals surface area contributed by atoms with Crippen molar-refractivity contribution < 1.29 is 15.3 Å². The molecule has 0 spiro atoms. The molecule has 2 aromatic rings. The number of hydrogen-bond acceptors (Lipinski definition) is 3. The predicted molar refractivity (Wildman–Crippen MR) is 86.6 cm³/mol. The molecule has 1 unspecified atom stereocenters. The molecule has 3 rings (SSSR count). The first-order valence-corrected chi connectivity index (χ1v) is 7.22. The Hall–Kier alpha value is -2.52. The molecular weight excluding hydrogens is 276 g/mol. The number of benzene rings is 2. The lowest BCUT2D eigenvalue weighted by Gasteiger charge is -2.27. The Morgan fingerprint density at radius 3 is 2.14 bits per heavy atom. The molecule has 1 aliphatic carbocycles. The van der Waals surface area contributed by atoms with Crippen LogP contribution in [-0.4, -0.2) is 20.9 Å². The molecular formula is C19H18O3. The van der Waals surface area contributed by atoms with Gasteiger partial charge >= 0.3 is 0 Å². The fourth-order valence-electron chi connectivity index (χ4n) is 2.82. The minimum Gasteiger partial charge on any atom is -0.512 e. The van der Waals surface area contributed by atoms with Crippen LogP contribution in [-0.2, 0) is 6.42 Å². The third-order valence-corrected chi connectivity index (χ3v) is 3.79. The van der Waals surface area contributed by atoms with Crippen molar-refractivity contribution in [2.24, 2.45) is 0 Å². The van der Waals surface area contributed by atoms with Crippen molar-refractivity contribution >= 4 is 0 Å². The molecule has 0 bridgehead atoms. The molecule has 0 amide bonds. The number of allylic oxidation sites excluding steroid dienone is 1. The second-order valence-electron chi connectivity index (χ2n) is 5.72. The number of rotatable bonds is 3. The molecule has 0 fully saturated rings. The maximum absolute atomic E-state index is 10.5. The molecule has 0 aliphatic heterocycles. The van der Waals surface area contributed by atoms with Gasteiger partial charge in [0.15, 0.2) is 0 Å². The normalized spacial score (nSPS) is 21.1. The predicted octanol–water partition coefficient (Wildman–Crippen LogP) is 3.91. The Labute approximate surface area is 129 Å². The summed E-state index contributed by atoms with van der Waals surface area (Å²) in [5, 5.41) is 29.7. The van der Waals surface area contributed by atoms with E-state index in [-0.39, 0.29) is 17.9 Å². The highest BCUT2D eigenvalue weighted by Crippen LogP contribution is 2.29. The van der Waals surface area contributed by atoms with Gasteiger partial charge in [-0.25, -0.2) is 0 Å². The van der Waals surface area contributed by atoms with E-state index in [2.05, 4.69) is 0 Å². The summed E-state index contributed by atoms with van der Waals surface area (Å²) >= 11 is 0. The topological polar surface area (TPSA) is 60.7 Å². The van der Waals surface area contributed by atoms with Crippen LogP contribution in [0.1, 0.15) is 12.0 Å². The minimum absolute atomic E-state index is 0.0107. The third-order valence-electron chi connectivity index (χ3n) is 3.79. The summed E-state index contributed by atoms with van der Waals surface area (Å²) in [6, 6.07) is 18.0. The van der Waals surface area contributed by atoms with Gasteiger partial charge in [-0.05, 0) is 22.8 Å². The minimum atomic E-state index is -1.25. The van der Waals surface area contributed by atoms with Crippen molar-refractivity contribution in [1.29, 1.82) is 0 Å². The lowest BCUT2D eigenvalue weighted by Crippen LogP contribution is -2.32. The maximum Gasteiger partial charge on any atom is 0.117 e. The van der Waals surface area contributed by atoms with Crippen LogP contribution in [0.15, 0.2) is 78.3 Å². The third kappa shape index (κ3) is 3.21. The zero-order chi connectivity index (χ0) is 15.6. The van der Waals surface area contributed by atoms with E-state index >= 15 is 0 Å². The summed E-state index contributed by atoms with van der Waals surface area (Å²) in [5.41, 5.74) is 1.95. The molecule has 3 heteroatoms. The van der Waals surface area contributed by atoms with Gasteiger partial charge < -0.3 is 15.3 Å². The van der Waals surface area contributed by atoms with Crippen molar-refractivity contribution in [3.8, 4) is 11.1 Å². The monoisotopic (exact) mass is 294 g/mol. The number of hydrogen-bond donors (Lipinski definition) is 3. The van der Waals surface area contributed by atoms with E-state index in [9.17, 15) is 15.3 Å². The summed E-state index contributed by atoms with van der Waals surface area (Å²) in [7, 11) is 0. The smallest absolute Gasteiger partial charge is 0.117 e. The lowest BCUT2D eigenvalue weighted by molar-refractivity contribution is 0.0727. The summed E-state index contributed by atoms with van der Waals surface area (Å²) < 4.78 is 0.